The lowest BCUT2D eigenvalue weighted by atomic mass is 9.46. The van der Waals surface area contributed by atoms with Gasteiger partial charge in [-0.1, -0.05) is 6.07 Å². The van der Waals surface area contributed by atoms with E-state index >= 15 is 0 Å². The van der Waals surface area contributed by atoms with Crippen molar-refractivity contribution in [3.63, 3.8) is 0 Å². The average molecular weight is 473 g/mol. The molecule has 4 bridgehead atoms. The highest BCUT2D eigenvalue weighted by Crippen LogP contribution is 2.65. The number of nitrogens with zero attached hydrogens (tertiary/aromatic N) is 5. The van der Waals surface area contributed by atoms with E-state index in [1.165, 1.54) is 18.3 Å². The summed E-state index contributed by atoms with van der Waals surface area (Å²) in [5.41, 5.74) is -0.891. The molecule has 4 aliphatic rings. The van der Waals surface area contributed by atoms with Crippen molar-refractivity contribution in [2.24, 2.45) is 17.3 Å². The van der Waals surface area contributed by atoms with Gasteiger partial charge in [-0.25, -0.2) is 0 Å². The van der Waals surface area contributed by atoms with Crippen molar-refractivity contribution in [1.29, 1.82) is 0 Å². The molecule has 34 heavy (non-hydrogen) atoms. The molecule has 11 heteroatoms. The Morgan fingerprint density at radius 3 is 2.62 bits per heavy atom. The molecule has 2 atom stereocenters. The van der Waals surface area contributed by atoms with Gasteiger partial charge in [-0.15, -0.1) is 10.2 Å². The van der Waals surface area contributed by atoms with Gasteiger partial charge in [-0.3, -0.25) is 14.8 Å². The molecule has 0 saturated heterocycles. The van der Waals surface area contributed by atoms with Crippen molar-refractivity contribution in [1.82, 2.24) is 20.0 Å². The molecule has 2 heterocycles. The maximum atomic E-state index is 13.1. The van der Waals surface area contributed by atoms with Crippen LogP contribution in [0.2, 0.25) is 0 Å². The minimum absolute atomic E-state index is 0.00701. The largest absolute Gasteiger partial charge is 0.421 e. The highest BCUT2D eigenvalue weighted by molar-refractivity contribution is 5.54. The van der Waals surface area contributed by atoms with Crippen molar-refractivity contribution in [2.75, 3.05) is 0 Å². The number of rotatable bonds is 5. The molecule has 8 nitrogen and oxygen atoms in total. The maximum absolute atomic E-state index is 13.1. The summed E-state index contributed by atoms with van der Waals surface area (Å²) in [4.78, 5) is 10.8. The Morgan fingerprint density at radius 1 is 1.18 bits per heavy atom. The van der Waals surface area contributed by atoms with Crippen molar-refractivity contribution >= 4 is 5.69 Å². The fourth-order valence-corrected chi connectivity index (χ4v) is 7.13. The molecule has 4 fully saturated rings. The number of aromatic nitrogens is 4. The van der Waals surface area contributed by atoms with Crippen LogP contribution in [0.4, 0.5) is 18.9 Å². The molecule has 4 saturated carbocycles. The number of hydrogen-bond donors (Lipinski definition) is 0. The highest BCUT2D eigenvalue weighted by Gasteiger charge is 2.59. The summed E-state index contributed by atoms with van der Waals surface area (Å²) in [6.07, 6.45) is 4.81. The smallest absolute Gasteiger partial charge is 0.416 e. The van der Waals surface area contributed by atoms with E-state index in [0.29, 0.717) is 24.1 Å². The SMILES string of the molecule is O=[N+]([O-])c1cnn(C23CC4CC(CC(Cc5nnc(-c6cccc(C(F)(F)F)c6)o5)(C4)C2)C3)c1. The number of nitro groups is 1. The second-order valence-corrected chi connectivity index (χ2v) is 10.3. The van der Waals surface area contributed by atoms with Gasteiger partial charge in [-0.05, 0) is 74.0 Å². The normalized spacial score (nSPS) is 30.1. The molecule has 1 aromatic carbocycles. The van der Waals surface area contributed by atoms with Gasteiger partial charge in [-0.2, -0.15) is 18.3 Å². The predicted octanol–water partition coefficient (Wildman–Crippen LogP) is 5.40. The van der Waals surface area contributed by atoms with Crippen LogP contribution < -0.4 is 0 Å². The molecule has 7 rings (SSSR count). The summed E-state index contributed by atoms with van der Waals surface area (Å²) in [6.45, 7) is 0. The zero-order valence-electron chi connectivity index (χ0n) is 18.2. The van der Waals surface area contributed by atoms with Crippen LogP contribution in [0.15, 0.2) is 41.1 Å². The van der Waals surface area contributed by atoms with Gasteiger partial charge in [0.05, 0.1) is 16.0 Å². The summed E-state index contributed by atoms with van der Waals surface area (Å²) in [6, 6.07) is 4.88. The Balaban J connectivity index is 1.28. The Kier molecular flexibility index (Phi) is 4.47. The zero-order chi connectivity index (χ0) is 23.7. The quantitative estimate of drug-likeness (QED) is 0.363. The average Bonchev–Trinajstić information content (AvgIpc) is 3.42. The van der Waals surface area contributed by atoms with Crippen LogP contribution in [0.1, 0.15) is 50.0 Å². The van der Waals surface area contributed by atoms with Gasteiger partial charge < -0.3 is 4.42 Å². The summed E-state index contributed by atoms with van der Waals surface area (Å²) in [5.74, 6) is 1.48. The van der Waals surface area contributed by atoms with Crippen LogP contribution in [0.25, 0.3) is 11.5 Å². The fourth-order valence-electron chi connectivity index (χ4n) is 7.13. The molecule has 2 aromatic heterocycles. The first kappa shape index (κ1) is 21.3. The zero-order valence-corrected chi connectivity index (χ0v) is 18.2. The van der Waals surface area contributed by atoms with Crippen LogP contribution >= 0.6 is 0 Å². The molecule has 2 unspecified atom stereocenters. The number of hydrogen-bond acceptors (Lipinski definition) is 6. The van der Waals surface area contributed by atoms with Crippen LogP contribution in [0, 0.1) is 27.4 Å². The van der Waals surface area contributed by atoms with Gasteiger partial charge in [0, 0.05) is 12.0 Å². The summed E-state index contributed by atoms with van der Waals surface area (Å²) in [5, 5.41) is 23.8. The van der Waals surface area contributed by atoms with Crippen LogP contribution in [0.5, 0.6) is 0 Å². The van der Waals surface area contributed by atoms with E-state index in [1.54, 1.807) is 10.9 Å². The molecular weight excluding hydrogens is 451 g/mol. The molecule has 0 aliphatic heterocycles. The molecular formula is C23H22F3N5O3. The lowest BCUT2D eigenvalue weighted by Gasteiger charge is -2.61. The number of alkyl halides is 3. The summed E-state index contributed by atoms with van der Waals surface area (Å²) in [7, 11) is 0. The van der Waals surface area contributed by atoms with Crippen molar-refractivity contribution in [2.45, 2.75) is 56.7 Å². The highest BCUT2D eigenvalue weighted by atomic mass is 19.4. The van der Waals surface area contributed by atoms with Gasteiger partial charge in [0.25, 0.3) is 0 Å². The molecule has 0 spiro atoms. The minimum atomic E-state index is -4.45. The molecule has 0 N–H and O–H groups in total. The standard InChI is InChI=1S/C23H22F3N5O3/c24-23(25,26)17-3-1-2-16(5-17)20-29-28-19(34-20)10-21-6-14-4-15(7-21)9-22(8-14,13-21)30-12-18(11-27-30)31(32)33/h1-3,5,11-12,14-15H,4,6-10,13H2. The summed E-state index contributed by atoms with van der Waals surface area (Å²) < 4.78 is 46.9. The van der Waals surface area contributed by atoms with Gasteiger partial charge in [0.15, 0.2) is 0 Å². The number of halogens is 3. The Labute approximate surface area is 192 Å². The third-order valence-corrected chi connectivity index (χ3v) is 7.85. The Bertz CT molecular complexity index is 1250. The number of benzene rings is 1. The molecule has 3 aromatic rings. The van der Waals surface area contributed by atoms with Crippen LogP contribution in [-0.4, -0.2) is 24.9 Å². The van der Waals surface area contributed by atoms with Gasteiger partial charge in [0.1, 0.15) is 12.4 Å². The van der Waals surface area contributed by atoms with E-state index < -0.39 is 16.7 Å². The fraction of sp³-hybridized carbons (Fsp3) is 0.522. The first-order chi connectivity index (χ1) is 16.1. The minimum Gasteiger partial charge on any atom is -0.421 e. The van der Waals surface area contributed by atoms with E-state index in [-0.39, 0.29) is 28.1 Å². The Hall–Kier alpha value is -3.24. The van der Waals surface area contributed by atoms with Crippen molar-refractivity contribution < 1.29 is 22.5 Å². The molecule has 4 aliphatic carbocycles. The molecule has 0 amide bonds. The monoisotopic (exact) mass is 473 g/mol. The van der Waals surface area contributed by atoms with E-state index in [4.69, 9.17) is 4.42 Å². The van der Waals surface area contributed by atoms with Gasteiger partial charge >= 0.3 is 11.9 Å². The third-order valence-electron chi connectivity index (χ3n) is 7.85. The van der Waals surface area contributed by atoms with E-state index in [0.717, 1.165) is 50.7 Å². The van der Waals surface area contributed by atoms with E-state index in [2.05, 4.69) is 15.3 Å². The van der Waals surface area contributed by atoms with E-state index in [1.807, 2.05) is 0 Å². The van der Waals surface area contributed by atoms with Crippen molar-refractivity contribution in [3.8, 4) is 11.5 Å². The first-order valence-corrected chi connectivity index (χ1v) is 11.3. The van der Waals surface area contributed by atoms with Crippen molar-refractivity contribution in [3.05, 3.63) is 58.2 Å². The van der Waals surface area contributed by atoms with E-state index in [9.17, 15) is 23.3 Å². The summed E-state index contributed by atoms with van der Waals surface area (Å²) >= 11 is 0. The van der Waals surface area contributed by atoms with Crippen LogP contribution in [0.3, 0.4) is 0 Å². The van der Waals surface area contributed by atoms with Gasteiger partial charge in [0.2, 0.25) is 11.8 Å². The lowest BCUT2D eigenvalue weighted by molar-refractivity contribution is -0.385. The first-order valence-electron chi connectivity index (χ1n) is 11.3. The lowest BCUT2D eigenvalue weighted by Crippen LogP contribution is -2.57. The van der Waals surface area contributed by atoms with Crippen LogP contribution in [-0.2, 0) is 18.1 Å². The second-order valence-electron chi connectivity index (χ2n) is 10.3. The Morgan fingerprint density at radius 2 is 1.94 bits per heavy atom. The topological polar surface area (TPSA) is 99.9 Å². The predicted molar refractivity (Wildman–Crippen MR) is 112 cm³/mol. The molecule has 0 radical (unpaired) electrons. The third kappa shape index (κ3) is 3.48. The maximum Gasteiger partial charge on any atom is 0.416 e. The molecule has 178 valence electrons. The second kappa shape index (κ2) is 7.13.